The molecule has 0 bridgehead atoms. The van der Waals surface area contributed by atoms with Gasteiger partial charge in [0.2, 0.25) is 0 Å². The summed E-state index contributed by atoms with van der Waals surface area (Å²) in [6, 6.07) is 1.72. The third kappa shape index (κ3) is 1.59. The van der Waals surface area contributed by atoms with Gasteiger partial charge in [-0.3, -0.25) is 0 Å². The van der Waals surface area contributed by atoms with Crippen molar-refractivity contribution in [2.45, 2.75) is 6.42 Å². The van der Waals surface area contributed by atoms with Gasteiger partial charge in [-0.05, 0) is 6.07 Å². The van der Waals surface area contributed by atoms with Gasteiger partial charge < -0.3 is 10.1 Å². The summed E-state index contributed by atoms with van der Waals surface area (Å²) in [4.78, 5) is 21.9. The van der Waals surface area contributed by atoms with Crippen LogP contribution in [0.2, 0.25) is 0 Å². The molecule has 2 aromatic heterocycles. The Kier molecular flexibility index (Phi) is 2.21. The third-order valence-electron chi connectivity index (χ3n) is 1.98. The van der Waals surface area contributed by atoms with E-state index in [9.17, 15) is 4.79 Å². The largest absolute Gasteiger partial charge is 0.476 e. The van der Waals surface area contributed by atoms with E-state index in [0.29, 0.717) is 23.3 Å². The number of aromatic amines is 1. The van der Waals surface area contributed by atoms with Gasteiger partial charge in [-0.15, -0.1) is 6.58 Å². The van der Waals surface area contributed by atoms with Gasteiger partial charge in [0.25, 0.3) is 0 Å². The van der Waals surface area contributed by atoms with Crippen molar-refractivity contribution in [1.29, 1.82) is 0 Å². The molecule has 76 valence electrons. The predicted octanol–water partition coefficient (Wildman–Crippen LogP) is 1.38. The molecule has 0 fully saturated rings. The molecule has 2 aromatic rings. The van der Waals surface area contributed by atoms with Gasteiger partial charge in [-0.25, -0.2) is 14.8 Å². The number of fused-ring (bicyclic) bond motifs is 1. The number of carboxylic acid groups (broad SMARTS) is 1. The van der Waals surface area contributed by atoms with Gasteiger partial charge in [0, 0.05) is 12.6 Å². The van der Waals surface area contributed by atoms with E-state index in [1.807, 2.05) is 0 Å². The Morgan fingerprint density at radius 3 is 3.07 bits per heavy atom. The highest BCUT2D eigenvalue weighted by molar-refractivity contribution is 5.98. The van der Waals surface area contributed by atoms with Gasteiger partial charge in [0.05, 0.1) is 11.0 Å². The van der Waals surface area contributed by atoms with Crippen LogP contribution in [0.4, 0.5) is 0 Å². The molecular formula is C10H9N3O2. The van der Waals surface area contributed by atoms with Crippen LogP contribution in [-0.2, 0) is 6.42 Å². The van der Waals surface area contributed by atoms with Crippen LogP contribution < -0.4 is 0 Å². The second kappa shape index (κ2) is 3.53. The first kappa shape index (κ1) is 9.39. The van der Waals surface area contributed by atoms with Gasteiger partial charge in [-0.2, -0.15) is 0 Å². The van der Waals surface area contributed by atoms with Crippen molar-refractivity contribution in [2.24, 2.45) is 0 Å². The molecule has 0 aliphatic rings. The van der Waals surface area contributed by atoms with E-state index >= 15 is 0 Å². The van der Waals surface area contributed by atoms with Crippen LogP contribution in [-0.4, -0.2) is 26.0 Å². The summed E-state index contributed by atoms with van der Waals surface area (Å²) in [5, 5.41) is 8.96. The van der Waals surface area contributed by atoms with Crippen molar-refractivity contribution in [2.75, 3.05) is 0 Å². The monoisotopic (exact) mass is 203 g/mol. The molecule has 0 aliphatic carbocycles. The number of carboxylic acids is 1. The lowest BCUT2D eigenvalue weighted by molar-refractivity contribution is 0.0692. The minimum atomic E-state index is -1.06. The van der Waals surface area contributed by atoms with Crippen LogP contribution in [0, 0.1) is 0 Å². The van der Waals surface area contributed by atoms with Gasteiger partial charge in [0.1, 0.15) is 5.82 Å². The average molecular weight is 203 g/mol. The van der Waals surface area contributed by atoms with E-state index in [0.717, 1.165) is 0 Å². The summed E-state index contributed by atoms with van der Waals surface area (Å²) < 4.78 is 0. The zero-order valence-electron chi connectivity index (χ0n) is 7.90. The Morgan fingerprint density at radius 2 is 2.40 bits per heavy atom. The fourth-order valence-electron chi connectivity index (χ4n) is 1.37. The molecule has 0 saturated heterocycles. The molecule has 5 nitrogen and oxygen atoms in total. The summed E-state index contributed by atoms with van der Waals surface area (Å²) in [7, 11) is 0. The van der Waals surface area contributed by atoms with E-state index in [2.05, 4.69) is 21.5 Å². The van der Waals surface area contributed by atoms with E-state index in [1.54, 1.807) is 18.3 Å². The molecule has 2 heterocycles. The Morgan fingerprint density at radius 1 is 1.60 bits per heavy atom. The molecule has 0 unspecified atom stereocenters. The lowest BCUT2D eigenvalue weighted by atomic mass is 10.3. The zero-order valence-corrected chi connectivity index (χ0v) is 7.90. The molecule has 0 radical (unpaired) electrons. The summed E-state index contributed by atoms with van der Waals surface area (Å²) in [5.41, 5.74) is 1.07. The van der Waals surface area contributed by atoms with Gasteiger partial charge in [0.15, 0.2) is 5.69 Å². The molecule has 0 atom stereocenters. The van der Waals surface area contributed by atoms with Crippen LogP contribution in [0.3, 0.4) is 0 Å². The maximum atomic E-state index is 10.9. The number of allylic oxidation sites excluding steroid dienone is 1. The van der Waals surface area contributed by atoms with Crippen LogP contribution >= 0.6 is 0 Å². The number of nitrogens with one attached hydrogen (secondary N) is 1. The second-order valence-electron chi connectivity index (χ2n) is 3.02. The molecule has 0 aromatic carbocycles. The first-order valence-corrected chi connectivity index (χ1v) is 4.40. The van der Waals surface area contributed by atoms with Crippen LogP contribution in [0.15, 0.2) is 24.9 Å². The molecule has 2 N–H and O–H groups in total. The zero-order chi connectivity index (χ0) is 10.8. The maximum Gasteiger partial charge on any atom is 0.356 e. The van der Waals surface area contributed by atoms with Crippen molar-refractivity contribution in [3.05, 3.63) is 36.4 Å². The normalized spacial score (nSPS) is 10.4. The number of rotatable bonds is 3. The SMILES string of the molecule is C=CCc1nc(C(=O)O)c2[nH]ccc2n1. The molecule has 0 saturated carbocycles. The lowest BCUT2D eigenvalue weighted by Crippen LogP contribution is -2.06. The molecule has 2 rings (SSSR count). The van der Waals surface area contributed by atoms with E-state index in [-0.39, 0.29) is 5.69 Å². The fourth-order valence-corrected chi connectivity index (χ4v) is 1.37. The van der Waals surface area contributed by atoms with Crippen molar-refractivity contribution in [1.82, 2.24) is 15.0 Å². The number of H-pyrrole nitrogens is 1. The van der Waals surface area contributed by atoms with Crippen molar-refractivity contribution in [3.8, 4) is 0 Å². The van der Waals surface area contributed by atoms with Crippen molar-refractivity contribution < 1.29 is 9.90 Å². The van der Waals surface area contributed by atoms with E-state index < -0.39 is 5.97 Å². The number of hydrogen-bond acceptors (Lipinski definition) is 3. The molecule has 15 heavy (non-hydrogen) atoms. The predicted molar refractivity (Wildman–Crippen MR) is 54.7 cm³/mol. The molecule has 0 spiro atoms. The Hall–Kier alpha value is -2.17. The molecule has 0 amide bonds. The van der Waals surface area contributed by atoms with E-state index in [1.165, 1.54) is 0 Å². The third-order valence-corrected chi connectivity index (χ3v) is 1.98. The fraction of sp³-hybridized carbons (Fsp3) is 0.100. The molecular weight excluding hydrogens is 194 g/mol. The standard InChI is InChI=1S/C10H9N3O2/c1-2-3-7-12-6-4-5-11-8(6)9(13-7)10(14)15/h2,4-5,11H,1,3H2,(H,14,15). The number of carbonyl (C=O) groups is 1. The minimum absolute atomic E-state index is 0.00171. The first-order valence-electron chi connectivity index (χ1n) is 4.40. The Labute approximate surface area is 85.5 Å². The molecule has 0 aliphatic heterocycles. The highest BCUT2D eigenvalue weighted by Crippen LogP contribution is 2.14. The average Bonchev–Trinajstić information content (AvgIpc) is 2.64. The topological polar surface area (TPSA) is 78.9 Å². The van der Waals surface area contributed by atoms with Crippen LogP contribution in [0.25, 0.3) is 11.0 Å². The quantitative estimate of drug-likeness (QED) is 0.738. The highest BCUT2D eigenvalue weighted by Gasteiger charge is 2.13. The molecule has 5 heteroatoms. The van der Waals surface area contributed by atoms with Crippen molar-refractivity contribution >= 4 is 17.0 Å². The first-order chi connectivity index (χ1) is 7.22. The van der Waals surface area contributed by atoms with Gasteiger partial charge in [-0.1, -0.05) is 6.08 Å². The number of aromatic nitrogens is 3. The second-order valence-corrected chi connectivity index (χ2v) is 3.02. The summed E-state index contributed by atoms with van der Waals surface area (Å²) in [5.74, 6) is -0.593. The van der Waals surface area contributed by atoms with E-state index in [4.69, 9.17) is 5.11 Å². The number of aromatic carboxylic acids is 1. The van der Waals surface area contributed by atoms with Crippen LogP contribution in [0.5, 0.6) is 0 Å². The smallest absolute Gasteiger partial charge is 0.356 e. The number of hydrogen-bond donors (Lipinski definition) is 2. The van der Waals surface area contributed by atoms with Gasteiger partial charge >= 0.3 is 5.97 Å². The summed E-state index contributed by atoms with van der Waals surface area (Å²) in [6.45, 7) is 3.56. The summed E-state index contributed by atoms with van der Waals surface area (Å²) >= 11 is 0. The maximum absolute atomic E-state index is 10.9. The summed E-state index contributed by atoms with van der Waals surface area (Å²) in [6.07, 6.45) is 3.74. The Bertz CT molecular complexity index is 530. The highest BCUT2D eigenvalue weighted by atomic mass is 16.4. The van der Waals surface area contributed by atoms with Crippen molar-refractivity contribution in [3.63, 3.8) is 0 Å². The lowest BCUT2D eigenvalue weighted by Gasteiger charge is -2.00. The van der Waals surface area contributed by atoms with Crippen LogP contribution in [0.1, 0.15) is 16.3 Å². The minimum Gasteiger partial charge on any atom is -0.476 e. The Balaban J connectivity index is 2.68. The number of nitrogens with zero attached hydrogens (tertiary/aromatic N) is 2.